The van der Waals surface area contributed by atoms with Crippen LogP contribution in [0.5, 0.6) is 0 Å². The summed E-state index contributed by atoms with van der Waals surface area (Å²) in [6.45, 7) is 10.8. The van der Waals surface area contributed by atoms with E-state index in [1.165, 1.54) is 12.8 Å². The van der Waals surface area contributed by atoms with Crippen LogP contribution in [0, 0.1) is 11.8 Å². The van der Waals surface area contributed by atoms with E-state index < -0.39 is 0 Å². The first kappa shape index (κ1) is 12.9. The van der Waals surface area contributed by atoms with Crippen molar-refractivity contribution in [3.8, 4) is 0 Å². The van der Waals surface area contributed by atoms with Gasteiger partial charge in [-0.05, 0) is 37.8 Å². The zero-order valence-corrected chi connectivity index (χ0v) is 10.2. The maximum Gasteiger partial charge on any atom is 0.0469 e. The van der Waals surface area contributed by atoms with Crippen LogP contribution in [0.15, 0.2) is 0 Å². The second kappa shape index (κ2) is 8.08. The van der Waals surface area contributed by atoms with E-state index in [1.54, 1.807) is 0 Å². The van der Waals surface area contributed by atoms with Gasteiger partial charge in [-0.3, -0.25) is 0 Å². The van der Waals surface area contributed by atoms with Gasteiger partial charge in [0.2, 0.25) is 0 Å². The molecule has 1 aliphatic heterocycles. The summed E-state index contributed by atoms with van der Waals surface area (Å²) in [6.07, 6.45) is 2.46. The molecule has 15 heavy (non-hydrogen) atoms. The predicted molar refractivity (Wildman–Crippen MR) is 64.1 cm³/mol. The van der Waals surface area contributed by atoms with Gasteiger partial charge in [0.25, 0.3) is 0 Å². The Morgan fingerprint density at radius 3 is 2.47 bits per heavy atom. The zero-order valence-electron chi connectivity index (χ0n) is 10.2. The molecular weight excluding hydrogens is 188 g/mol. The second-order valence-electron chi connectivity index (χ2n) is 4.86. The third-order valence-electron chi connectivity index (χ3n) is 2.81. The van der Waals surface area contributed by atoms with Crippen molar-refractivity contribution in [3.05, 3.63) is 0 Å². The number of hydrogen-bond donors (Lipinski definition) is 2. The third kappa shape index (κ3) is 6.88. The summed E-state index contributed by atoms with van der Waals surface area (Å²) in [7, 11) is 0. The molecule has 3 heteroatoms. The maximum atomic E-state index is 5.33. The van der Waals surface area contributed by atoms with Gasteiger partial charge in [-0.25, -0.2) is 0 Å². The Hall–Kier alpha value is -0.120. The minimum Gasteiger partial charge on any atom is -0.381 e. The summed E-state index contributed by atoms with van der Waals surface area (Å²) < 4.78 is 5.33. The van der Waals surface area contributed by atoms with Crippen LogP contribution in [0.4, 0.5) is 0 Å². The van der Waals surface area contributed by atoms with E-state index in [1.807, 2.05) is 0 Å². The summed E-state index contributed by atoms with van der Waals surface area (Å²) in [4.78, 5) is 0. The van der Waals surface area contributed by atoms with Gasteiger partial charge in [0.15, 0.2) is 0 Å². The summed E-state index contributed by atoms with van der Waals surface area (Å²) in [5, 5.41) is 6.95. The van der Waals surface area contributed by atoms with Gasteiger partial charge in [-0.2, -0.15) is 0 Å². The number of hydrogen-bond acceptors (Lipinski definition) is 3. The highest BCUT2D eigenvalue weighted by Crippen LogP contribution is 2.12. The van der Waals surface area contributed by atoms with E-state index in [2.05, 4.69) is 24.5 Å². The smallest absolute Gasteiger partial charge is 0.0469 e. The largest absolute Gasteiger partial charge is 0.381 e. The molecule has 90 valence electrons. The van der Waals surface area contributed by atoms with Crippen molar-refractivity contribution >= 4 is 0 Å². The average Bonchev–Trinajstić information content (AvgIpc) is 2.24. The van der Waals surface area contributed by atoms with Crippen LogP contribution in [0.25, 0.3) is 0 Å². The molecule has 1 rings (SSSR count). The first-order valence-electron chi connectivity index (χ1n) is 6.28. The first-order chi connectivity index (χ1) is 7.29. The molecule has 2 N–H and O–H groups in total. The van der Waals surface area contributed by atoms with Gasteiger partial charge < -0.3 is 15.4 Å². The van der Waals surface area contributed by atoms with Gasteiger partial charge >= 0.3 is 0 Å². The lowest BCUT2D eigenvalue weighted by molar-refractivity contribution is 0.0664. The van der Waals surface area contributed by atoms with E-state index in [0.717, 1.165) is 51.2 Å². The molecule has 1 fully saturated rings. The van der Waals surface area contributed by atoms with E-state index in [4.69, 9.17) is 4.74 Å². The molecule has 0 aromatic carbocycles. The van der Waals surface area contributed by atoms with Crippen molar-refractivity contribution in [2.45, 2.75) is 26.7 Å². The molecule has 0 unspecified atom stereocenters. The van der Waals surface area contributed by atoms with Gasteiger partial charge in [-0.15, -0.1) is 0 Å². The molecule has 0 radical (unpaired) electrons. The Kier molecular flexibility index (Phi) is 6.98. The Labute approximate surface area is 94.0 Å². The molecule has 0 aliphatic carbocycles. The van der Waals surface area contributed by atoms with Gasteiger partial charge in [0.05, 0.1) is 0 Å². The van der Waals surface area contributed by atoms with E-state index in [0.29, 0.717) is 0 Å². The standard InChI is InChI=1S/C12H26N2O/c1-11(2)9-13-5-6-14-10-12-3-7-15-8-4-12/h11-14H,3-10H2,1-2H3. The normalized spacial score (nSPS) is 18.6. The van der Waals surface area contributed by atoms with Crippen LogP contribution in [0.2, 0.25) is 0 Å². The molecule has 3 nitrogen and oxygen atoms in total. The molecule has 0 saturated carbocycles. The Bertz CT molecular complexity index is 145. The van der Waals surface area contributed by atoms with Crippen LogP contribution >= 0.6 is 0 Å². The maximum absolute atomic E-state index is 5.33. The molecule has 0 spiro atoms. The minimum absolute atomic E-state index is 0.750. The highest BCUT2D eigenvalue weighted by molar-refractivity contribution is 4.66. The van der Waals surface area contributed by atoms with Crippen LogP contribution in [-0.4, -0.2) is 39.4 Å². The SMILES string of the molecule is CC(C)CNCCNCC1CCOCC1. The zero-order chi connectivity index (χ0) is 10.9. The average molecular weight is 214 g/mol. The molecule has 0 atom stereocenters. The fourth-order valence-corrected chi connectivity index (χ4v) is 1.82. The summed E-state index contributed by atoms with van der Waals surface area (Å²) in [6, 6.07) is 0. The highest BCUT2D eigenvalue weighted by Gasteiger charge is 2.12. The lowest BCUT2D eigenvalue weighted by Gasteiger charge is -2.22. The minimum atomic E-state index is 0.750. The summed E-state index contributed by atoms with van der Waals surface area (Å²) >= 11 is 0. The monoisotopic (exact) mass is 214 g/mol. The number of ether oxygens (including phenoxy) is 1. The Balaban J connectivity index is 1.83. The molecule has 0 aromatic heterocycles. The summed E-state index contributed by atoms with van der Waals surface area (Å²) in [5.74, 6) is 1.59. The fraction of sp³-hybridized carbons (Fsp3) is 1.00. The number of rotatable bonds is 7. The van der Waals surface area contributed by atoms with Crippen molar-refractivity contribution in [1.82, 2.24) is 10.6 Å². The molecule has 1 heterocycles. The van der Waals surface area contributed by atoms with Crippen molar-refractivity contribution in [2.24, 2.45) is 11.8 Å². The lowest BCUT2D eigenvalue weighted by atomic mass is 10.0. The molecule has 0 aromatic rings. The van der Waals surface area contributed by atoms with Crippen molar-refractivity contribution in [2.75, 3.05) is 39.4 Å². The second-order valence-corrected chi connectivity index (χ2v) is 4.86. The van der Waals surface area contributed by atoms with Gasteiger partial charge in [-0.1, -0.05) is 13.8 Å². The van der Waals surface area contributed by atoms with Crippen LogP contribution in [0.3, 0.4) is 0 Å². The van der Waals surface area contributed by atoms with Gasteiger partial charge in [0.1, 0.15) is 0 Å². The molecular formula is C12H26N2O. The molecule has 1 saturated heterocycles. The van der Waals surface area contributed by atoms with Crippen LogP contribution in [0.1, 0.15) is 26.7 Å². The van der Waals surface area contributed by atoms with E-state index in [9.17, 15) is 0 Å². The first-order valence-corrected chi connectivity index (χ1v) is 6.28. The quantitative estimate of drug-likeness (QED) is 0.626. The molecule has 0 amide bonds. The summed E-state index contributed by atoms with van der Waals surface area (Å²) in [5.41, 5.74) is 0. The topological polar surface area (TPSA) is 33.3 Å². The van der Waals surface area contributed by atoms with Crippen molar-refractivity contribution < 1.29 is 4.74 Å². The Morgan fingerprint density at radius 1 is 1.13 bits per heavy atom. The molecule has 0 bridgehead atoms. The number of nitrogens with one attached hydrogen (secondary N) is 2. The third-order valence-corrected chi connectivity index (χ3v) is 2.81. The lowest BCUT2D eigenvalue weighted by Crippen LogP contribution is -2.33. The van der Waals surface area contributed by atoms with Crippen molar-refractivity contribution in [3.63, 3.8) is 0 Å². The molecule has 1 aliphatic rings. The fourth-order valence-electron chi connectivity index (χ4n) is 1.82. The highest BCUT2D eigenvalue weighted by atomic mass is 16.5. The van der Waals surface area contributed by atoms with Crippen LogP contribution in [-0.2, 0) is 4.74 Å². The predicted octanol–water partition coefficient (Wildman–Crippen LogP) is 1.25. The van der Waals surface area contributed by atoms with Crippen molar-refractivity contribution in [1.29, 1.82) is 0 Å². The van der Waals surface area contributed by atoms with Gasteiger partial charge in [0, 0.05) is 26.3 Å². The van der Waals surface area contributed by atoms with E-state index >= 15 is 0 Å². The Morgan fingerprint density at radius 2 is 1.80 bits per heavy atom. The van der Waals surface area contributed by atoms with Crippen LogP contribution < -0.4 is 10.6 Å². The van der Waals surface area contributed by atoms with E-state index in [-0.39, 0.29) is 0 Å².